The minimum absolute atomic E-state index is 0.137. The van der Waals surface area contributed by atoms with Crippen LogP contribution in [0.15, 0.2) is 40.0 Å². The van der Waals surface area contributed by atoms with E-state index in [1.807, 2.05) is 14.1 Å². The normalized spacial score (nSPS) is 17.5. The van der Waals surface area contributed by atoms with Crippen LogP contribution in [0.1, 0.15) is 49.3 Å². The van der Waals surface area contributed by atoms with Crippen LogP contribution in [0.4, 0.5) is 4.39 Å². The Labute approximate surface area is 155 Å². The number of nitrogens with zero attached hydrogens (tertiary/aromatic N) is 2. The van der Waals surface area contributed by atoms with Crippen molar-refractivity contribution >= 4 is 18.7 Å². The molecule has 0 radical (unpaired) electrons. The summed E-state index contributed by atoms with van der Waals surface area (Å²) in [7, 11) is 4.05. The maximum atomic E-state index is 14.0. The van der Waals surface area contributed by atoms with Crippen molar-refractivity contribution in [1.82, 2.24) is 9.62 Å². The number of likely N-dealkylation sites (N-methyl/N-ethyl adjacent to an activating group) is 1. The Morgan fingerprint density at radius 2 is 2.20 bits per heavy atom. The summed E-state index contributed by atoms with van der Waals surface area (Å²) in [6.07, 6.45) is 4.78. The van der Waals surface area contributed by atoms with E-state index in [1.54, 1.807) is 30.3 Å². The van der Waals surface area contributed by atoms with Crippen molar-refractivity contribution < 1.29 is 4.39 Å². The average Bonchev–Trinajstić information content (AvgIpc) is 2.52. The third-order valence-electron chi connectivity index (χ3n) is 4.24. The average molecular weight is 362 g/mol. The zero-order valence-corrected chi connectivity index (χ0v) is 16.6. The van der Waals surface area contributed by atoms with Crippen LogP contribution in [0.3, 0.4) is 0 Å². The largest absolute Gasteiger partial charge is 0.330 e. The van der Waals surface area contributed by atoms with Crippen molar-refractivity contribution in [2.75, 3.05) is 20.6 Å². The van der Waals surface area contributed by atoms with E-state index in [0.717, 1.165) is 34.7 Å². The van der Waals surface area contributed by atoms with Gasteiger partial charge in [-0.15, -0.1) is 0 Å². The summed E-state index contributed by atoms with van der Waals surface area (Å²) in [5.74, 6) is 0.360. The third kappa shape index (κ3) is 5.19. The number of fused-ring (bicyclic) bond motifs is 1. The highest BCUT2D eigenvalue weighted by Gasteiger charge is 2.22. The van der Waals surface area contributed by atoms with E-state index in [4.69, 9.17) is 0 Å². The van der Waals surface area contributed by atoms with Gasteiger partial charge in [0, 0.05) is 35.7 Å². The van der Waals surface area contributed by atoms with Gasteiger partial charge in [-0.1, -0.05) is 26.8 Å². The molecule has 136 valence electrons. The maximum absolute atomic E-state index is 14.0. The van der Waals surface area contributed by atoms with Crippen LogP contribution in [0.2, 0.25) is 0 Å². The van der Waals surface area contributed by atoms with Gasteiger partial charge >= 0.3 is 0 Å². The van der Waals surface area contributed by atoms with E-state index < -0.39 is 0 Å². The summed E-state index contributed by atoms with van der Waals surface area (Å²) < 4.78 is 17.4. The van der Waals surface area contributed by atoms with Crippen LogP contribution in [-0.2, 0) is 6.42 Å². The van der Waals surface area contributed by atoms with Crippen LogP contribution in [0.25, 0.3) is 0 Å². The molecule has 1 N–H and O–H groups in total. The van der Waals surface area contributed by atoms with Gasteiger partial charge < -0.3 is 9.62 Å². The van der Waals surface area contributed by atoms with Gasteiger partial charge in [0.2, 0.25) is 0 Å². The molecule has 3 nitrogen and oxygen atoms in total. The first-order valence-corrected chi connectivity index (χ1v) is 9.38. The minimum Gasteiger partial charge on any atom is -0.330 e. The molecule has 0 spiro atoms. The first-order valence-electron chi connectivity index (χ1n) is 8.57. The number of nitrogens with one attached hydrogen (secondary N) is 1. The standard InChI is InChI=1S/C20H28FN3S/c1-13(2)18-8-15(21)9-19-14(3)7-16(10-20(18)19)23-25-17(11-22-4)12-24(5)6/h7-9,11,13-14,23H,4,10,12H2,1-3,5-6H3/b17-11-. The molecule has 0 saturated carbocycles. The van der Waals surface area contributed by atoms with Crippen LogP contribution in [0, 0.1) is 5.82 Å². The highest BCUT2D eigenvalue weighted by molar-refractivity contribution is 8.01. The molecule has 5 heteroatoms. The fourth-order valence-corrected chi connectivity index (χ4v) is 4.01. The van der Waals surface area contributed by atoms with E-state index >= 15 is 0 Å². The van der Waals surface area contributed by atoms with Gasteiger partial charge in [0.05, 0.1) is 0 Å². The predicted octanol–water partition coefficient (Wildman–Crippen LogP) is 4.83. The summed E-state index contributed by atoms with van der Waals surface area (Å²) in [6.45, 7) is 10.7. The smallest absolute Gasteiger partial charge is 0.123 e. The molecule has 25 heavy (non-hydrogen) atoms. The molecule has 0 bridgehead atoms. The lowest BCUT2D eigenvalue weighted by atomic mass is 9.82. The molecule has 1 aromatic carbocycles. The number of hydrogen-bond donors (Lipinski definition) is 1. The first kappa shape index (κ1) is 19.7. The van der Waals surface area contributed by atoms with Crippen molar-refractivity contribution in [1.29, 1.82) is 0 Å². The lowest BCUT2D eigenvalue weighted by molar-refractivity contribution is 0.453. The Morgan fingerprint density at radius 3 is 2.80 bits per heavy atom. The SMILES string of the molecule is C=N/C=C(/CN(C)C)SNC1=CC(C)c2cc(F)cc(C(C)C)c2C1. The van der Waals surface area contributed by atoms with Crippen molar-refractivity contribution in [2.24, 2.45) is 4.99 Å². The number of rotatable bonds is 7. The molecule has 1 aliphatic carbocycles. The van der Waals surface area contributed by atoms with Crippen molar-refractivity contribution in [3.05, 3.63) is 57.5 Å². The van der Waals surface area contributed by atoms with E-state index in [2.05, 4.69) is 48.2 Å². The fraction of sp³-hybridized carbons (Fsp3) is 0.450. The van der Waals surface area contributed by atoms with Crippen LogP contribution < -0.4 is 4.72 Å². The van der Waals surface area contributed by atoms with Crippen LogP contribution in [-0.4, -0.2) is 32.3 Å². The third-order valence-corrected chi connectivity index (χ3v) is 5.10. The van der Waals surface area contributed by atoms with Crippen molar-refractivity contribution in [3.8, 4) is 0 Å². The summed E-state index contributed by atoms with van der Waals surface area (Å²) in [5, 5.41) is 0. The Hall–Kier alpha value is -1.59. The number of benzene rings is 1. The molecule has 0 heterocycles. The molecular formula is C20H28FN3S. The summed E-state index contributed by atoms with van der Waals surface area (Å²) >= 11 is 1.57. The predicted molar refractivity (Wildman–Crippen MR) is 108 cm³/mol. The molecule has 0 fully saturated rings. The Kier molecular flexibility index (Phi) is 6.85. The van der Waals surface area contributed by atoms with E-state index in [9.17, 15) is 4.39 Å². The molecule has 2 rings (SSSR count). The second-order valence-corrected chi connectivity index (χ2v) is 8.03. The molecule has 0 aromatic heterocycles. The highest BCUT2D eigenvalue weighted by atomic mass is 32.2. The number of aliphatic imine (C=N–C) groups is 1. The second kappa shape index (κ2) is 8.68. The molecule has 1 atom stereocenters. The molecule has 1 aliphatic rings. The van der Waals surface area contributed by atoms with Gasteiger partial charge in [-0.3, -0.25) is 4.99 Å². The molecule has 0 saturated heterocycles. The molecule has 1 unspecified atom stereocenters. The Bertz CT molecular complexity index is 692. The summed E-state index contributed by atoms with van der Waals surface area (Å²) in [4.78, 5) is 7.09. The second-order valence-electron chi connectivity index (χ2n) is 7.09. The Balaban J connectivity index is 2.19. The van der Waals surface area contributed by atoms with Gasteiger partial charge in [0.25, 0.3) is 0 Å². The first-order chi connectivity index (χ1) is 11.8. The zero-order valence-electron chi connectivity index (χ0n) is 15.8. The lowest BCUT2D eigenvalue weighted by Gasteiger charge is -2.27. The molecule has 0 aliphatic heterocycles. The van der Waals surface area contributed by atoms with Crippen LogP contribution >= 0.6 is 11.9 Å². The van der Waals surface area contributed by atoms with Gasteiger partial charge in [-0.05, 0) is 67.5 Å². The number of hydrogen-bond acceptors (Lipinski definition) is 4. The van der Waals surface area contributed by atoms with Gasteiger partial charge in [-0.25, -0.2) is 4.39 Å². The quantitative estimate of drug-likeness (QED) is 0.556. The minimum atomic E-state index is -0.137. The number of allylic oxidation sites excluding steroid dienone is 2. The van der Waals surface area contributed by atoms with Crippen LogP contribution in [0.5, 0.6) is 0 Å². The molecule has 0 amide bonds. The molecule has 1 aromatic rings. The molecular weight excluding hydrogens is 333 g/mol. The maximum Gasteiger partial charge on any atom is 0.123 e. The van der Waals surface area contributed by atoms with Gasteiger partial charge in [0.1, 0.15) is 5.82 Å². The van der Waals surface area contributed by atoms with E-state index in [0.29, 0.717) is 5.92 Å². The fourth-order valence-electron chi connectivity index (χ4n) is 3.16. The van der Waals surface area contributed by atoms with Gasteiger partial charge in [-0.2, -0.15) is 0 Å². The van der Waals surface area contributed by atoms with E-state index in [1.165, 1.54) is 5.56 Å². The highest BCUT2D eigenvalue weighted by Crippen LogP contribution is 2.35. The van der Waals surface area contributed by atoms with E-state index in [-0.39, 0.29) is 11.7 Å². The van der Waals surface area contributed by atoms with Crippen molar-refractivity contribution in [3.63, 3.8) is 0 Å². The Morgan fingerprint density at radius 1 is 1.48 bits per heavy atom. The lowest BCUT2D eigenvalue weighted by Crippen LogP contribution is -2.19. The topological polar surface area (TPSA) is 27.6 Å². The summed E-state index contributed by atoms with van der Waals surface area (Å²) in [6, 6.07) is 3.37. The zero-order chi connectivity index (χ0) is 18.6. The summed E-state index contributed by atoms with van der Waals surface area (Å²) in [5.41, 5.74) is 4.63. The van der Waals surface area contributed by atoms with Gasteiger partial charge in [0.15, 0.2) is 0 Å². The monoisotopic (exact) mass is 361 g/mol. The van der Waals surface area contributed by atoms with Crippen molar-refractivity contribution in [2.45, 2.75) is 39.0 Å². The number of halogens is 1.